The van der Waals surface area contributed by atoms with Crippen LogP contribution >= 0.6 is 15.9 Å². The smallest absolute Gasteiger partial charge is 0.124 e. The second-order valence-corrected chi connectivity index (χ2v) is 5.98. The Morgan fingerprint density at radius 3 is 2.44 bits per heavy atom. The summed E-state index contributed by atoms with van der Waals surface area (Å²) in [6, 6.07) is 4.40. The number of aryl methyl sites for hydroxylation is 2. The van der Waals surface area contributed by atoms with Crippen LogP contribution in [0, 0.1) is 13.8 Å². The Hall–Kier alpha value is -0.540. The maximum absolute atomic E-state index is 5.85. The number of hydrogen-bond donors (Lipinski definition) is 0. The van der Waals surface area contributed by atoms with Gasteiger partial charge < -0.3 is 9.47 Å². The second-order valence-electron chi connectivity index (χ2n) is 4.99. The molecule has 0 saturated carbocycles. The number of methoxy groups -OCH3 is 1. The highest BCUT2D eigenvalue weighted by Gasteiger charge is 2.24. The van der Waals surface area contributed by atoms with E-state index in [1.54, 1.807) is 7.11 Å². The molecule has 0 amide bonds. The van der Waals surface area contributed by atoms with Gasteiger partial charge in [-0.15, -0.1) is 0 Å². The van der Waals surface area contributed by atoms with E-state index in [9.17, 15) is 0 Å². The minimum absolute atomic E-state index is 0.279. The molecule has 1 aliphatic heterocycles. The molecule has 2 rings (SSSR count). The molecule has 1 saturated heterocycles. The summed E-state index contributed by atoms with van der Waals surface area (Å²) in [5.74, 6) is 0.989. The molecule has 1 aromatic carbocycles. The number of rotatable bonds is 3. The maximum Gasteiger partial charge on any atom is 0.124 e. The van der Waals surface area contributed by atoms with Crippen LogP contribution in [0.25, 0.3) is 0 Å². The average Bonchev–Trinajstić information content (AvgIpc) is 2.38. The van der Waals surface area contributed by atoms with E-state index in [4.69, 9.17) is 9.47 Å². The lowest BCUT2D eigenvalue weighted by molar-refractivity contribution is 0.0160. The van der Waals surface area contributed by atoms with Crippen LogP contribution in [-0.4, -0.2) is 19.8 Å². The van der Waals surface area contributed by atoms with Crippen molar-refractivity contribution in [2.75, 3.05) is 13.7 Å². The Morgan fingerprint density at radius 2 is 1.94 bits per heavy atom. The molecule has 18 heavy (non-hydrogen) atoms. The lowest BCUT2D eigenvalue weighted by Crippen LogP contribution is -2.23. The highest BCUT2D eigenvalue weighted by Crippen LogP contribution is 2.36. The Balaban J connectivity index is 2.22. The summed E-state index contributed by atoms with van der Waals surface area (Å²) in [6.45, 7) is 5.08. The molecular formula is C15H21BrO2. The van der Waals surface area contributed by atoms with Gasteiger partial charge in [0, 0.05) is 6.61 Å². The predicted molar refractivity (Wildman–Crippen MR) is 77.7 cm³/mol. The van der Waals surface area contributed by atoms with Crippen molar-refractivity contribution in [3.63, 3.8) is 0 Å². The van der Waals surface area contributed by atoms with Crippen LogP contribution < -0.4 is 4.74 Å². The molecule has 1 aliphatic rings. The number of hydrogen-bond acceptors (Lipinski definition) is 2. The zero-order valence-corrected chi connectivity index (χ0v) is 12.9. The van der Waals surface area contributed by atoms with Gasteiger partial charge >= 0.3 is 0 Å². The summed E-state index contributed by atoms with van der Waals surface area (Å²) in [6.07, 6.45) is 3.89. The third kappa shape index (κ3) is 2.89. The van der Waals surface area contributed by atoms with E-state index < -0.39 is 0 Å². The highest BCUT2D eigenvalue weighted by molar-refractivity contribution is 9.09. The van der Waals surface area contributed by atoms with Crippen LogP contribution in [0.4, 0.5) is 0 Å². The quantitative estimate of drug-likeness (QED) is 0.774. The maximum atomic E-state index is 5.85. The van der Waals surface area contributed by atoms with Gasteiger partial charge in [0.1, 0.15) is 5.75 Å². The van der Waals surface area contributed by atoms with Crippen LogP contribution in [0.15, 0.2) is 12.1 Å². The molecule has 0 aromatic heterocycles. The lowest BCUT2D eigenvalue weighted by atomic mass is 9.97. The van der Waals surface area contributed by atoms with Crippen LogP contribution in [0.1, 0.15) is 40.8 Å². The summed E-state index contributed by atoms with van der Waals surface area (Å²) in [5, 5.41) is 0. The van der Waals surface area contributed by atoms with Crippen LogP contribution in [-0.2, 0) is 4.74 Å². The normalized spacial score (nSPS) is 21.7. The molecule has 1 aromatic rings. The van der Waals surface area contributed by atoms with Gasteiger partial charge in [-0.25, -0.2) is 0 Å². The van der Waals surface area contributed by atoms with Gasteiger partial charge in [0.25, 0.3) is 0 Å². The fourth-order valence-corrected chi connectivity index (χ4v) is 3.36. The largest absolute Gasteiger partial charge is 0.496 e. The molecule has 100 valence electrons. The van der Waals surface area contributed by atoms with E-state index in [1.807, 2.05) is 0 Å². The first-order valence-corrected chi connectivity index (χ1v) is 7.46. The minimum atomic E-state index is 0.279. The van der Waals surface area contributed by atoms with Gasteiger partial charge in [-0.2, -0.15) is 0 Å². The zero-order valence-electron chi connectivity index (χ0n) is 11.3. The molecule has 1 heterocycles. The molecule has 0 N–H and O–H groups in total. The molecule has 0 bridgehead atoms. The van der Waals surface area contributed by atoms with Crippen LogP contribution in [0.5, 0.6) is 5.75 Å². The molecule has 0 aliphatic carbocycles. The molecule has 3 heteroatoms. The first-order valence-electron chi connectivity index (χ1n) is 6.54. The molecule has 0 radical (unpaired) electrons. The molecule has 2 unspecified atom stereocenters. The summed E-state index contributed by atoms with van der Waals surface area (Å²) >= 11 is 3.80. The van der Waals surface area contributed by atoms with Crippen molar-refractivity contribution < 1.29 is 9.47 Å². The number of benzene rings is 1. The third-order valence-electron chi connectivity index (χ3n) is 3.55. The van der Waals surface area contributed by atoms with Crippen molar-refractivity contribution in [1.82, 2.24) is 0 Å². The SMILES string of the molecule is COc1c(C)cc(C(Br)C2CCCCO2)cc1C. The van der Waals surface area contributed by atoms with Gasteiger partial charge in [0.15, 0.2) is 0 Å². The molecule has 2 atom stereocenters. The van der Waals surface area contributed by atoms with Crippen molar-refractivity contribution in [2.24, 2.45) is 0 Å². The van der Waals surface area contributed by atoms with Gasteiger partial charge in [0.2, 0.25) is 0 Å². The van der Waals surface area contributed by atoms with Gasteiger partial charge in [0.05, 0.1) is 18.0 Å². The van der Waals surface area contributed by atoms with Crippen LogP contribution in [0.3, 0.4) is 0 Å². The predicted octanol–water partition coefficient (Wildman–Crippen LogP) is 4.32. The Morgan fingerprint density at radius 1 is 1.28 bits per heavy atom. The topological polar surface area (TPSA) is 18.5 Å². The first kappa shape index (κ1) is 13.9. The van der Waals surface area contributed by atoms with Crippen molar-refractivity contribution in [1.29, 1.82) is 0 Å². The van der Waals surface area contributed by atoms with E-state index in [-0.39, 0.29) is 4.83 Å². The summed E-state index contributed by atoms with van der Waals surface area (Å²) in [4.78, 5) is 0.279. The summed E-state index contributed by atoms with van der Waals surface area (Å²) < 4.78 is 11.3. The van der Waals surface area contributed by atoms with E-state index in [0.717, 1.165) is 18.8 Å². The number of halogens is 1. The van der Waals surface area contributed by atoms with Crippen molar-refractivity contribution in [3.8, 4) is 5.75 Å². The molecule has 0 spiro atoms. The number of ether oxygens (including phenoxy) is 2. The Kier molecular flexibility index (Phi) is 4.68. The van der Waals surface area contributed by atoms with E-state index in [2.05, 4.69) is 41.9 Å². The summed E-state index contributed by atoms with van der Waals surface area (Å²) in [5.41, 5.74) is 3.67. The first-order chi connectivity index (χ1) is 8.63. The molecule has 1 fully saturated rings. The van der Waals surface area contributed by atoms with E-state index in [1.165, 1.54) is 29.5 Å². The van der Waals surface area contributed by atoms with E-state index >= 15 is 0 Å². The van der Waals surface area contributed by atoms with Crippen molar-refractivity contribution in [2.45, 2.75) is 44.0 Å². The zero-order chi connectivity index (χ0) is 13.1. The van der Waals surface area contributed by atoms with Gasteiger partial charge in [-0.05, 0) is 49.8 Å². The van der Waals surface area contributed by atoms with Crippen LogP contribution in [0.2, 0.25) is 0 Å². The molecule has 2 nitrogen and oxygen atoms in total. The Bertz CT molecular complexity index is 388. The molecular weight excluding hydrogens is 292 g/mol. The average molecular weight is 313 g/mol. The van der Waals surface area contributed by atoms with Crippen molar-refractivity contribution in [3.05, 3.63) is 28.8 Å². The number of alkyl halides is 1. The standard InChI is InChI=1S/C15H21BrO2/c1-10-8-12(9-11(2)15(10)17-3)14(16)13-6-4-5-7-18-13/h8-9,13-14H,4-7H2,1-3H3. The second kappa shape index (κ2) is 6.07. The Labute approximate surface area is 118 Å². The van der Waals surface area contributed by atoms with Crippen molar-refractivity contribution >= 4 is 15.9 Å². The monoisotopic (exact) mass is 312 g/mol. The lowest BCUT2D eigenvalue weighted by Gasteiger charge is -2.27. The highest BCUT2D eigenvalue weighted by atomic mass is 79.9. The van der Waals surface area contributed by atoms with Gasteiger partial charge in [-0.3, -0.25) is 0 Å². The third-order valence-corrected chi connectivity index (χ3v) is 4.66. The fraction of sp³-hybridized carbons (Fsp3) is 0.600. The summed E-state index contributed by atoms with van der Waals surface area (Å²) in [7, 11) is 1.73. The fourth-order valence-electron chi connectivity index (χ4n) is 2.68. The minimum Gasteiger partial charge on any atom is -0.496 e. The van der Waals surface area contributed by atoms with E-state index in [0.29, 0.717) is 6.10 Å². The van der Waals surface area contributed by atoms with Gasteiger partial charge in [-0.1, -0.05) is 28.1 Å².